The zero-order valence-corrected chi connectivity index (χ0v) is 30.0. The number of pyridine rings is 2. The fraction of sp³-hybridized carbons (Fsp3) is 0. The van der Waals surface area contributed by atoms with Crippen LogP contribution in [0, 0.1) is 0 Å². The molecule has 0 unspecified atom stereocenters. The molecule has 3 heteroatoms. The van der Waals surface area contributed by atoms with Gasteiger partial charge in [0.05, 0.1) is 28.3 Å². The van der Waals surface area contributed by atoms with E-state index in [0.29, 0.717) is 0 Å². The van der Waals surface area contributed by atoms with Gasteiger partial charge in [-0.1, -0.05) is 170 Å². The molecular weight excluding hydrogens is 667 g/mol. The molecule has 2 aromatic heterocycles. The summed E-state index contributed by atoms with van der Waals surface area (Å²) in [6.07, 6.45) is 0. The maximum absolute atomic E-state index is 5.74. The number of anilines is 3. The van der Waals surface area contributed by atoms with Crippen LogP contribution in [0.3, 0.4) is 0 Å². The summed E-state index contributed by atoms with van der Waals surface area (Å²) in [5.41, 5.74) is 12.3. The van der Waals surface area contributed by atoms with E-state index in [1.807, 2.05) is 12.1 Å². The van der Waals surface area contributed by atoms with Crippen LogP contribution in [0.2, 0.25) is 0 Å². The Morgan fingerprint density at radius 2 is 0.873 bits per heavy atom. The van der Waals surface area contributed by atoms with Crippen molar-refractivity contribution in [1.82, 2.24) is 9.97 Å². The van der Waals surface area contributed by atoms with Crippen molar-refractivity contribution in [2.45, 2.75) is 0 Å². The third-order valence-corrected chi connectivity index (χ3v) is 10.4. The quantitative estimate of drug-likeness (QED) is 0.155. The normalized spacial score (nSPS) is 11.3. The Hall–Kier alpha value is -7.36. The van der Waals surface area contributed by atoms with Gasteiger partial charge in [-0.25, -0.2) is 9.97 Å². The topological polar surface area (TPSA) is 29.0 Å². The molecule has 10 rings (SSSR count). The van der Waals surface area contributed by atoms with E-state index in [2.05, 4.69) is 205 Å². The minimum atomic E-state index is 0.928. The second-order valence-electron chi connectivity index (χ2n) is 13.8. The standard InChI is InChI=1S/C52H35N3/c1-5-19-37(20-6-1)47-34-39(35-48(53-47)38-21-7-2-8-22-38)42-27-15-16-29-44(42)51-46-33-32-36-18-13-14-28-43(36)50(46)45-30-17-31-49(52(45)54-51)55(40-23-9-3-10-24-40)41-25-11-4-12-26-41/h1-35H. The average molecular weight is 702 g/mol. The number of aromatic nitrogens is 2. The van der Waals surface area contributed by atoms with Gasteiger partial charge in [-0.05, 0) is 64.4 Å². The highest BCUT2D eigenvalue weighted by Gasteiger charge is 2.22. The van der Waals surface area contributed by atoms with Gasteiger partial charge >= 0.3 is 0 Å². The van der Waals surface area contributed by atoms with Crippen LogP contribution in [0.15, 0.2) is 212 Å². The van der Waals surface area contributed by atoms with Crippen LogP contribution in [0.5, 0.6) is 0 Å². The lowest BCUT2D eigenvalue weighted by Crippen LogP contribution is -2.11. The fourth-order valence-electron chi connectivity index (χ4n) is 7.89. The van der Waals surface area contributed by atoms with Crippen LogP contribution in [0.25, 0.3) is 77.3 Å². The van der Waals surface area contributed by atoms with E-state index in [1.165, 1.54) is 16.2 Å². The molecule has 3 nitrogen and oxygen atoms in total. The van der Waals surface area contributed by atoms with Crippen LogP contribution < -0.4 is 4.90 Å². The summed E-state index contributed by atoms with van der Waals surface area (Å²) < 4.78 is 0. The number of hydrogen-bond acceptors (Lipinski definition) is 3. The summed E-state index contributed by atoms with van der Waals surface area (Å²) in [7, 11) is 0. The summed E-state index contributed by atoms with van der Waals surface area (Å²) in [4.78, 5) is 13.3. The molecule has 8 aromatic carbocycles. The molecule has 0 saturated heterocycles. The van der Waals surface area contributed by atoms with E-state index in [0.717, 1.165) is 78.3 Å². The molecule has 10 aromatic rings. The van der Waals surface area contributed by atoms with Crippen LogP contribution in [0.1, 0.15) is 0 Å². The van der Waals surface area contributed by atoms with Crippen molar-refractivity contribution in [3.63, 3.8) is 0 Å². The summed E-state index contributed by atoms with van der Waals surface area (Å²) in [6.45, 7) is 0. The lowest BCUT2D eigenvalue weighted by Gasteiger charge is -2.27. The van der Waals surface area contributed by atoms with E-state index in [1.54, 1.807) is 0 Å². The summed E-state index contributed by atoms with van der Waals surface area (Å²) >= 11 is 0. The molecule has 258 valence electrons. The van der Waals surface area contributed by atoms with Crippen molar-refractivity contribution < 1.29 is 0 Å². The molecule has 0 spiro atoms. The van der Waals surface area contributed by atoms with Gasteiger partial charge in [0.2, 0.25) is 0 Å². The van der Waals surface area contributed by atoms with Crippen molar-refractivity contribution in [3.05, 3.63) is 212 Å². The maximum Gasteiger partial charge on any atom is 0.0956 e. The van der Waals surface area contributed by atoms with Crippen molar-refractivity contribution in [2.24, 2.45) is 0 Å². The van der Waals surface area contributed by atoms with E-state index < -0.39 is 0 Å². The number of nitrogens with zero attached hydrogens (tertiary/aromatic N) is 3. The van der Waals surface area contributed by atoms with E-state index in [-0.39, 0.29) is 0 Å². The Morgan fingerprint density at radius 3 is 1.51 bits per heavy atom. The highest BCUT2D eigenvalue weighted by Crippen LogP contribution is 2.45. The Morgan fingerprint density at radius 1 is 0.345 bits per heavy atom. The number of benzene rings is 8. The Bertz CT molecular complexity index is 2860. The van der Waals surface area contributed by atoms with Gasteiger partial charge in [-0.15, -0.1) is 0 Å². The molecule has 2 heterocycles. The molecule has 0 aliphatic heterocycles. The predicted octanol–water partition coefficient (Wildman–Crippen LogP) is 14.1. The minimum absolute atomic E-state index is 0.928. The van der Waals surface area contributed by atoms with Gasteiger partial charge in [0.25, 0.3) is 0 Å². The van der Waals surface area contributed by atoms with Crippen LogP contribution in [-0.2, 0) is 0 Å². The second kappa shape index (κ2) is 13.9. The zero-order valence-electron chi connectivity index (χ0n) is 30.0. The molecule has 0 bridgehead atoms. The van der Waals surface area contributed by atoms with Gasteiger partial charge in [-0.3, -0.25) is 0 Å². The van der Waals surface area contributed by atoms with E-state index in [9.17, 15) is 0 Å². The van der Waals surface area contributed by atoms with Gasteiger partial charge in [0, 0.05) is 44.2 Å². The first kappa shape index (κ1) is 32.3. The van der Waals surface area contributed by atoms with Gasteiger partial charge < -0.3 is 4.90 Å². The lowest BCUT2D eigenvalue weighted by atomic mass is 9.90. The predicted molar refractivity (Wildman–Crippen MR) is 231 cm³/mol. The number of fused-ring (bicyclic) bond motifs is 5. The number of rotatable bonds is 7. The Labute approximate surface area is 320 Å². The van der Waals surface area contributed by atoms with Crippen LogP contribution >= 0.6 is 0 Å². The third-order valence-electron chi connectivity index (χ3n) is 10.4. The highest BCUT2D eigenvalue weighted by molar-refractivity contribution is 6.24. The first-order chi connectivity index (χ1) is 27.3. The first-order valence-corrected chi connectivity index (χ1v) is 18.7. The van der Waals surface area contributed by atoms with Crippen LogP contribution in [0.4, 0.5) is 17.1 Å². The van der Waals surface area contributed by atoms with Crippen molar-refractivity contribution in [3.8, 4) is 44.9 Å². The maximum atomic E-state index is 5.74. The average Bonchev–Trinajstić information content (AvgIpc) is 3.27. The van der Waals surface area contributed by atoms with Gasteiger partial charge in [0.1, 0.15) is 0 Å². The largest absolute Gasteiger partial charge is 0.308 e. The van der Waals surface area contributed by atoms with Crippen molar-refractivity contribution >= 4 is 49.5 Å². The molecule has 0 fully saturated rings. The van der Waals surface area contributed by atoms with Crippen LogP contribution in [-0.4, -0.2) is 9.97 Å². The third kappa shape index (κ3) is 5.89. The smallest absolute Gasteiger partial charge is 0.0956 e. The summed E-state index contributed by atoms with van der Waals surface area (Å²) in [5, 5.41) is 5.83. The SMILES string of the molecule is c1ccc(-c2cc(-c3ccccc3-c3nc4c(N(c5ccccc5)c5ccccc5)cccc4c4c3ccc3ccccc34)cc(-c3ccccc3)n2)cc1. The summed E-state index contributed by atoms with van der Waals surface area (Å²) in [6, 6.07) is 75.0. The molecule has 0 atom stereocenters. The molecule has 0 aliphatic carbocycles. The first-order valence-electron chi connectivity index (χ1n) is 18.7. The fourth-order valence-corrected chi connectivity index (χ4v) is 7.89. The zero-order chi connectivity index (χ0) is 36.6. The van der Waals surface area contributed by atoms with Gasteiger partial charge in [-0.2, -0.15) is 0 Å². The number of hydrogen-bond donors (Lipinski definition) is 0. The van der Waals surface area contributed by atoms with Gasteiger partial charge in [0.15, 0.2) is 0 Å². The lowest BCUT2D eigenvalue weighted by molar-refractivity contribution is 1.28. The molecule has 0 aliphatic rings. The van der Waals surface area contributed by atoms with E-state index in [4.69, 9.17) is 9.97 Å². The molecular formula is C52H35N3. The highest BCUT2D eigenvalue weighted by atomic mass is 15.1. The minimum Gasteiger partial charge on any atom is -0.308 e. The van der Waals surface area contributed by atoms with E-state index >= 15 is 0 Å². The Balaban J connectivity index is 1.29. The molecule has 55 heavy (non-hydrogen) atoms. The second-order valence-corrected chi connectivity index (χ2v) is 13.8. The number of para-hydroxylation sites is 3. The molecule has 0 amide bonds. The molecule has 0 radical (unpaired) electrons. The molecule has 0 N–H and O–H groups in total. The molecule has 0 saturated carbocycles. The monoisotopic (exact) mass is 701 g/mol. The Kier molecular flexibility index (Phi) is 8.16. The van der Waals surface area contributed by atoms with Crippen molar-refractivity contribution in [2.75, 3.05) is 4.90 Å². The summed E-state index contributed by atoms with van der Waals surface area (Å²) in [5.74, 6) is 0. The van der Waals surface area contributed by atoms with Crippen molar-refractivity contribution in [1.29, 1.82) is 0 Å².